The summed E-state index contributed by atoms with van der Waals surface area (Å²) < 4.78 is 0. The zero-order chi connectivity index (χ0) is 16.7. The number of fused-ring (bicyclic) bond motifs is 1. The van der Waals surface area contributed by atoms with E-state index in [1.165, 1.54) is 12.1 Å². The van der Waals surface area contributed by atoms with Gasteiger partial charge in [0, 0.05) is 22.5 Å². The highest BCUT2D eigenvalue weighted by Crippen LogP contribution is 2.23. The fourth-order valence-electron chi connectivity index (χ4n) is 1.94. The fraction of sp³-hybridized carbons (Fsp3) is 0.357. The van der Waals surface area contributed by atoms with E-state index in [1.807, 2.05) is 0 Å². The molecule has 0 heterocycles. The van der Waals surface area contributed by atoms with E-state index in [1.54, 1.807) is 12.1 Å². The van der Waals surface area contributed by atoms with E-state index in [4.69, 9.17) is 10.8 Å². The number of nitro groups is 1. The number of carbonyl (C=O) groups excluding carboxylic acids is 2. The lowest BCUT2D eigenvalue weighted by Crippen LogP contribution is -2.31. The van der Waals surface area contributed by atoms with Crippen molar-refractivity contribution in [2.75, 3.05) is 6.54 Å². The SMILES string of the molecule is NCCCCC(=O)O.O=C1c2ccccc2C(=O)C1[N+](=O)[O-]. The van der Waals surface area contributed by atoms with Gasteiger partial charge in [0.15, 0.2) is 0 Å². The van der Waals surface area contributed by atoms with Crippen LogP contribution in [0.2, 0.25) is 0 Å². The third-order valence-electron chi connectivity index (χ3n) is 3.01. The van der Waals surface area contributed by atoms with Gasteiger partial charge < -0.3 is 10.8 Å². The fourth-order valence-corrected chi connectivity index (χ4v) is 1.94. The normalized spacial score (nSPS) is 13.3. The average molecular weight is 308 g/mol. The van der Waals surface area contributed by atoms with Crippen molar-refractivity contribution >= 4 is 17.5 Å². The largest absolute Gasteiger partial charge is 0.481 e. The molecule has 0 aromatic heterocycles. The van der Waals surface area contributed by atoms with Crippen LogP contribution in [-0.4, -0.2) is 40.2 Å². The summed E-state index contributed by atoms with van der Waals surface area (Å²) in [5.74, 6) is -2.16. The van der Waals surface area contributed by atoms with Crippen molar-refractivity contribution in [1.82, 2.24) is 0 Å². The summed E-state index contributed by atoms with van der Waals surface area (Å²) in [5, 5.41) is 18.6. The van der Waals surface area contributed by atoms with Gasteiger partial charge in [0.1, 0.15) is 0 Å². The Bertz CT molecular complexity index is 564. The van der Waals surface area contributed by atoms with Gasteiger partial charge in [-0.05, 0) is 19.4 Å². The van der Waals surface area contributed by atoms with Crippen molar-refractivity contribution < 1.29 is 24.4 Å². The maximum atomic E-state index is 11.4. The molecule has 1 aliphatic rings. The molecule has 0 radical (unpaired) electrons. The zero-order valence-electron chi connectivity index (χ0n) is 11.7. The first-order chi connectivity index (χ1) is 10.4. The molecule has 0 spiro atoms. The van der Waals surface area contributed by atoms with E-state index in [9.17, 15) is 24.5 Å². The Kier molecular flexibility index (Phi) is 6.33. The lowest BCUT2D eigenvalue weighted by atomic mass is 10.1. The van der Waals surface area contributed by atoms with Gasteiger partial charge in [0.25, 0.3) is 0 Å². The average Bonchev–Trinajstić information content (AvgIpc) is 2.72. The van der Waals surface area contributed by atoms with Crippen LogP contribution < -0.4 is 5.73 Å². The summed E-state index contributed by atoms with van der Waals surface area (Å²) in [6.07, 6.45) is 1.76. The van der Waals surface area contributed by atoms with E-state index in [2.05, 4.69) is 0 Å². The predicted octanol–water partition coefficient (Wildman–Crippen LogP) is 0.911. The monoisotopic (exact) mass is 308 g/mol. The molecule has 2 rings (SSSR count). The minimum Gasteiger partial charge on any atom is -0.481 e. The van der Waals surface area contributed by atoms with Crippen LogP contribution in [0.1, 0.15) is 40.0 Å². The number of benzene rings is 1. The van der Waals surface area contributed by atoms with Gasteiger partial charge in [-0.25, -0.2) is 0 Å². The molecule has 0 saturated carbocycles. The molecular weight excluding hydrogens is 292 g/mol. The van der Waals surface area contributed by atoms with Gasteiger partial charge in [0.05, 0.1) is 0 Å². The molecule has 1 aromatic rings. The summed E-state index contributed by atoms with van der Waals surface area (Å²) in [4.78, 5) is 42.2. The number of Topliss-reactive ketones (excluding diaryl/α,β-unsaturated/α-hetero) is 2. The Hall–Kier alpha value is -2.61. The molecule has 3 N–H and O–H groups in total. The topological polar surface area (TPSA) is 141 Å². The standard InChI is InChI=1S/C9H5NO4.C5H11NO2/c11-8-5-3-1-2-4-6(5)9(12)7(8)10(13)14;6-4-2-1-3-5(7)8/h1-4,7H;1-4,6H2,(H,7,8). The number of unbranched alkanes of at least 4 members (excludes halogenated alkanes) is 1. The number of ketones is 2. The molecule has 118 valence electrons. The predicted molar refractivity (Wildman–Crippen MR) is 76.4 cm³/mol. The Morgan fingerprint density at radius 3 is 2.05 bits per heavy atom. The number of nitrogens with zero attached hydrogens (tertiary/aromatic N) is 1. The number of carboxylic acids is 1. The molecule has 0 fully saturated rings. The first-order valence-electron chi connectivity index (χ1n) is 6.63. The third-order valence-corrected chi connectivity index (χ3v) is 3.01. The molecule has 8 nitrogen and oxygen atoms in total. The highest BCUT2D eigenvalue weighted by atomic mass is 16.6. The molecule has 22 heavy (non-hydrogen) atoms. The first kappa shape index (κ1) is 17.4. The van der Waals surface area contributed by atoms with Crippen LogP contribution in [0.15, 0.2) is 24.3 Å². The van der Waals surface area contributed by atoms with Crippen LogP contribution in [0.4, 0.5) is 0 Å². The lowest BCUT2D eigenvalue weighted by Gasteiger charge is -1.94. The Morgan fingerprint density at radius 2 is 1.68 bits per heavy atom. The van der Waals surface area contributed by atoms with Gasteiger partial charge in [-0.3, -0.25) is 24.5 Å². The van der Waals surface area contributed by atoms with Crippen molar-refractivity contribution in [2.45, 2.75) is 25.3 Å². The lowest BCUT2D eigenvalue weighted by molar-refractivity contribution is -0.488. The van der Waals surface area contributed by atoms with Gasteiger partial charge in [-0.1, -0.05) is 24.3 Å². The van der Waals surface area contributed by atoms with Gasteiger partial charge in [-0.2, -0.15) is 0 Å². The molecule has 0 unspecified atom stereocenters. The molecule has 8 heteroatoms. The maximum Gasteiger partial charge on any atom is 0.336 e. The second-order valence-corrected chi connectivity index (χ2v) is 4.60. The number of aliphatic carboxylic acids is 1. The van der Waals surface area contributed by atoms with E-state index in [0.717, 1.165) is 6.42 Å². The van der Waals surface area contributed by atoms with Crippen molar-refractivity contribution in [1.29, 1.82) is 0 Å². The summed E-state index contributed by atoms with van der Waals surface area (Å²) in [7, 11) is 0. The van der Waals surface area contributed by atoms with Gasteiger partial charge in [-0.15, -0.1) is 0 Å². The summed E-state index contributed by atoms with van der Waals surface area (Å²) in [5.41, 5.74) is 5.43. The van der Waals surface area contributed by atoms with Crippen LogP contribution in [-0.2, 0) is 4.79 Å². The minimum atomic E-state index is -1.73. The minimum absolute atomic E-state index is 0.152. The Morgan fingerprint density at radius 1 is 1.18 bits per heavy atom. The van der Waals surface area contributed by atoms with Crippen molar-refractivity contribution in [3.05, 3.63) is 45.5 Å². The van der Waals surface area contributed by atoms with Crippen molar-refractivity contribution in [2.24, 2.45) is 5.73 Å². The quantitative estimate of drug-likeness (QED) is 0.356. The number of carboxylic acid groups (broad SMARTS) is 1. The van der Waals surface area contributed by atoms with Crippen LogP contribution in [0.5, 0.6) is 0 Å². The Labute approximate surface area is 126 Å². The number of carbonyl (C=O) groups is 3. The second-order valence-electron chi connectivity index (χ2n) is 4.60. The Balaban J connectivity index is 0.000000261. The highest BCUT2D eigenvalue weighted by molar-refractivity contribution is 6.28. The van der Waals surface area contributed by atoms with Gasteiger partial charge >= 0.3 is 12.0 Å². The maximum absolute atomic E-state index is 11.4. The number of hydrogen-bond donors (Lipinski definition) is 2. The smallest absolute Gasteiger partial charge is 0.336 e. The van der Waals surface area contributed by atoms with E-state index >= 15 is 0 Å². The number of nitrogens with two attached hydrogens (primary N) is 1. The molecule has 0 amide bonds. The van der Waals surface area contributed by atoms with Gasteiger partial charge in [0.2, 0.25) is 11.6 Å². The van der Waals surface area contributed by atoms with Crippen LogP contribution in [0, 0.1) is 10.1 Å². The number of rotatable bonds is 5. The van der Waals surface area contributed by atoms with Crippen LogP contribution >= 0.6 is 0 Å². The summed E-state index contributed by atoms with van der Waals surface area (Å²) in [6, 6.07) is 4.28. The second kappa shape index (κ2) is 7.99. The molecule has 0 aliphatic heterocycles. The molecule has 1 aromatic carbocycles. The molecular formula is C14H16N2O6. The van der Waals surface area contributed by atoms with E-state index in [0.29, 0.717) is 13.0 Å². The van der Waals surface area contributed by atoms with Crippen molar-refractivity contribution in [3.63, 3.8) is 0 Å². The first-order valence-corrected chi connectivity index (χ1v) is 6.63. The molecule has 1 aliphatic carbocycles. The van der Waals surface area contributed by atoms with Crippen molar-refractivity contribution in [3.8, 4) is 0 Å². The zero-order valence-corrected chi connectivity index (χ0v) is 11.7. The van der Waals surface area contributed by atoms with E-state index < -0.39 is 28.5 Å². The highest BCUT2D eigenvalue weighted by Gasteiger charge is 2.47. The van der Waals surface area contributed by atoms with E-state index in [-0.39, 0.29) is 17.5 Å². The molecule has 0 saturated heterocycles. The van der Waals surface area contributed by atoms with Crippen LogP contribution in [0.3, 0.4) is 0 Å². The molecule has 0 atom stereocenters. The molecule has 0 bridgehead atoms. The summed E-state index contributed by atoms with van der Waals surface area (Å²) in [6.45, 7) is 0.591. The summed E-state index contributed by atoms with van der Waals surface area (Å²) >= 11 is 0. The number of hydrogen-bond acceptors (Lipinski definition) is 6. The third kappa shape index (κ3) is 4.19. The van der Waals surface area contributed by atoms with Crippen LogP contribution in [0.25, 0.3) is 0 Å².